The summed E-state index contributed by atoms with van der Waals surface area (Å²) in [6, 6.07) is 3.73. The Labute approximate surface area is 128 Å². The van der Waals surface area contributed by atoms with Gasteiger partial charge in [0.05, 0.1) is 24.8 Å². The molecule has 0 N–H and O–H groups in total. The van der Waals surface area contributed by atoms with Crippen LogP contribution >= 0.6 is 11.6 Å². The largest absolute Gasteiger partial charge is 0.376 e. The molecule has 0 aliphatic carbocycles. The third-order valence-corrected chi connectivity index (χ3v) is 3.94. The van der Waals surface area contributed by atoms with Gasteiger partial charge in [0.15, 0.2) is 6.10 Å². The highest BCUT2D eigenvalue weighted by atomic mass is 35.5. The number of aromatic nitrogens is 1. The Morgan fingerprint density at radius 1 is 1.24 bits per heavy atom. The van der Waals surface area contributed by atoms with E-state index in [9.17, 15) is 4.79 Å². The second-order valence-corrected chi connectivity index (χ2v) is 5.52. The second kappa shape index (κ2) is 6.60. The normalized spacial score (nSPS) is 23.2. The summed E-state index contributed by atoms with van der Waals surface area (Å²) in [7, 11) is 0. The number of carbonyl (C=O) groups excluding carboxylic acids is 1. The molecule has 2 saturated heterocycles. The van der Waals surface area contributed by atoms with Crippen molar-refractivity contribution in [3.05, 3.63) is 23.4 Å². The van der Waals surface area contributed by atoms with Gasteiger partial charge in [-0.25, -0.2) is 4.98 Å². The summed E-state index contributed by atoms with van der Waals surface area (Å²) in [4.78, 5) is 20.6. The van der Waals surface area contributed by atoms with Crippen molar-refractivity contribution in [3.63, 3.8) is 0 Å². The second-order valence-electron chi connectivity index (χ2n) is 5.08. The zero-order valence-corrected chi connectivity index (χ0v) is 12.5. The van der Waals surface area contributed by atoms with Crippen LogP contribution in [0.3, 0.4) is 0 Å². The quantitative estimate of drug-likeness (QED) is 0.808. The summed E-state index contributed by atoms with van der Waals surface area (Å²) in [6.45, 7) is 4.27. The van der Waals surface area contributed by atoms with Crippen LogP contribution in [-0.4, -0.2) is 67.9 Å². The van der Waals surface area contributed by atoms with E-state index in [1.54, 1.807) is 6.20 Å². The lowest BCUT2D eigenvalue weighted by atomic mass is 10.2. The number of rotatable bonds is 2. The van der Waals surface area contributed by atoms with E-state index >= 15 is 0 Å². The first-order valence-corrected chi connectivity index (χ1v) is 7.46. The van der Waals surface area contributed by atoms with E-state index in [2.05, 4.69) is 9.88 Å². The fourth-order valence-corrected chi connectivity index (χ4v) is 2.66. The molecule has 2 aliphatic heterocycles. The Hall–Kier alpha value is -1.37. The van der Waals surface area contributed by atoms with Crippen LogP contribution in [0.25, 0.3) is 0 Å². The molecule has 21 heavy (non-hydrogen) atoms. The summed E-state index contributed by atoms with van der Waals surface area (Å²) in [6.07, 6.45) is 1.20. The van der Waals surface area contributed by atoms with Gasteiger partial charge in [-0.15, -0.1) is 0 Å². The van der Waals surface area contributed by atoms with Gasteiger partial charge in [-0.3, -0.25) is 4.79 Å². The van der Waals surface area contributed by atoms with E-state index in [4.69, 9.17) is 21.1 Å². The summed E-state index contributed by atoms with van der Waals surface area (Å²) in [5.41, 5.74) is 0. The lowest BCUT2D eigenvalue weighted by Gasteiger charge is -2.37. The van der Waals surface area contributed by atoms with E-state index < -0.39 is 6.10 Å². The highest BCUT2D eigenvalue weighted by Gasteiger charge is 2.30. The van der Waals surface area contributed by atoms with Crippen LogP contribution in [0.5, 0.6) is 0 Å². The molecule has 0 radical (unpaired) electrons. The highest BCUT2D eigenvalue weighted by Crippen LogP contribution is 2.17. The first-order chi connectivity index (χ1) is 10.2. The average molecular weight is 312 g/mol. The summed E-state index contributed by atoms with van der Waals surface area (Å²) >= 11 is 5.84. The number of piperazine rings is 1. The molecule has 1 atom stereocenters. The maximum atomic E-state index is 12.3. The summed E-state index contributed by atoms with van der Waals surface area (Å²) in [5, 5.41) is 0.627. The van der Waals surface area contributed by atoms with Crippen LogP contribution in [0, 0.1) is 0 Å². The first kappa shape index (κ1) is 14.6. The number of amides is 1. The van der Waals surface area contributed by atoms with Gasteiger partial charge in [0.1, 0.15) is 5.82 Å². The number of halogens is 1. The van der Waals surface area contributed by atoms with Crippen molar-refractivity contribution in [3.8, 4) is 0 Å². The van der Waals surface area contributed by atoms with Crippen molar-refractivity contribution < 1.29 is 14.3 Å². The zero-order chi connectivity index (χ0) is 14.7. The number of nitrogens with zero attached hydrogens (tertiary/aromatic N) is 3. The molecule has 0 aromatic carbocycles. The predicted molar refractivity (Wildman–Crippen MR) is 78.6 cm³/mol. The Bertz CT molecular complexity index is 483. The molecule has 0 spiro atoms. The molecule has 2 fully saturated rings. The molecule has 3 heterocycles. The Morgan fingerprint density at radius 2 is 2.05 bits per heavy atom. The van der Waals surface area contributed by atoms with Gasteiger partial charge < -0.3 is 19.3 Å². The van der Waals surface area contributed by atoms with Crippen molar-refractivity contribution in [2.75, 3.05) is 50.9 Å². The number of hydrogen-bond acceptors (Lipinski definition) is 5. The van der Waals surface area contributed by atoms with Crippen molar-refractivity contribution in [1.82, 2.24) is 9.88 Å². The van der Waals surface area contributed by atoms with E-state index in [0.29, 0.717) is 37.9 Å². The minimum Gasteiger partial charge on any atom is -0.376 e. The molecule has 7 heteroatoms. The Balaban J connectivity index is 1.54. The van der Waals surface area contributed by atoms with Crippen LogP contribution in [0.15, 0.2) is 18.3 Å². The topological polar surface area (TPSA) is 54.9 Å². The van der Waals surface area contributed by atoms with Gasteiger partial charge >= 0.3 is 0 Å². The fraction of sp³-hybridized carbons (Fsp3) is 0.571. The van der Waals surface area contributed by atoms with Crippen LogP contribution in [0.2, 0.25) is 5.02 Å². The van der Waals surface area contributed by atoms with Crippen LogP contribution in [0.1, 0.15) is 0 Å². The lowest BCUT2D eigenvalue weighted by Crippen LogP contribution is -2.53. The van der Waals surface area contributed by atoms with Gasteiger partial charge in [-0.05, 0) is 12.1 Å². The maximum absolute atomic E-state index is 12.3. The average Bonchev–Trinajstić information content (AvgIpc) is 2.56. The Kier molecular flexibility index (Phi) is 4.57. The number of carbonyl (C=O) groups is 1. The van der Waals surface area contributed by atoms with Crippen LogP contribution in [-0.2, 0) is 14.3 Å². The van der Waals surface area contributed by atoms with E-state index in [1.807, 2.05) is 17.0 Å². The molecule has 0 saturated carbocycles. The number of pyridine rings is 1. The molecular weight excluding hydrogens is 294 g/mol. The van der Waals surface area contributed by atoms with Gasteiger partial charge in [0.25, 0.3) is 5.91 Å². The number of hydrogen-bond donors (Lipinski definition) is 0. The van der Waals surface area contributed by atoms with Crippen molar-refractivity contribution in [2.45, 2.75) is 6.10 Å². The number of ether oxygens (including phenoxy) is 2. The van der Waals surface area contributed by atoms with Crippen molar-refractivity contribution in [1.29, 1.82) is 0 Å². The molecule has 0 bridgehead atoms. The minimum atomic E-state index is -0.445. The molecule has 2 aliphatic rings. The van der Waals surface area contributed by atoms with Crippen LogP contribution < -0.4 is 4.90 Å². The molecule has 1 unspecified atom stereocenters. The van der Waals surface area contributed by atoms with Gasteiger partial charge in [0, 0.05) is 32.4 Å². The summed E-state index contributed by atoms with van der Waals surface area (Å²) in [5.74, 6) is 0.919. The first-order valence-electron chi connectivity index (χ1n) is 7.09. The molecule has 1 aromatic rings. The number of anilines is 1. The molecule has 6 nitrogen and oxygen atoms in total. The molecule has 3 rings (SSSR count). The third-order valence-electron chi connectivity index (χ3n) is 3.72. The zero-order valence-electron chi connectivity index (χ0n) is 11.7. The van der Waals surface area contributed by atoms with Gasteiger partial charge in [-0.2, -0.15) is 0 Å². The lowest BCUT2D eigenvalue weighted by molar-refractivity contribution is -0.158. The summed E-state index contributed by atoms with van der Waals surface area (Å²) < 4.78 is 10.8. The fourth-order valence-electron chi connectivity index (χ4n) is 2.54. The monoisotopic (exact) mass is 311 g/mol. The molecule has 1 aromatic heterocycles. The highest BCUT2D eigenvalue weighted by molar-refractivity contribution is 6.30. The SMILES string of the molecule is O=C(C1COCCO1)N1CCN(c2ccc(Cl)cn2)CC1. The molecule has 114 valence electrons. The van der Waals surface area contributed by atoms with Gasteiger partial charge in [0.2, 0.25) is 0 Å². The third kappa shape index (κ3) is 3.45. The smallest absolute Gasteiger partial charge is 0.254 e. The van der Waals surface area contributed by atoms with E-state index in [-0.39, 0.29) is 5.91 Å². The molecular formula is C14H18ClN3O3. The molecule has 1 amide bonds. The Morgan fingerprint density at radius 3 is 2.67 bits per heavy atom. The van der Waals surface area contributed by atoms with Crippen molar-refractivity contribution >= 4 is 23.3 Å². The predicted octanol–water partition coefficient (Wildman–Crippen LogP) is 0.799. The van der Waals surface area contributed by atoms with Crippen LogP contribution in [0.4, 0.5) is 5.82 Å². The standard InChI is InChI=1S/C14H18ClN3O3/c15-11-1-2-13(16-9-11)17-3-5-18(6-4-17)14(19)12-10-20-7-8-21-12/h1-2,9,12H,3-8,10H2. The van der Waals surface area contributed by atoms with Gasteiger partial charge in [-0.1, -0.05) is 11.6 Å². The van der Waals surface area contributed by atoms with E-state index in [0.717, 1.165) is 18.9 Å². The minimum absolute atomic E-state index is 0.0263. The van der Waals surface area contributed by atoms with Crippen molar-refractivity contribution in [2.24, 2.45) is 0 Å². The maximum Gasteiger partial charge on any atom is 0.254 e. The van der Waals surface area contributed by atoms with E-state index in [1.165, 1.54) is 0 Å².